The molecule has 0 atom stereocenters. The predicted molar refractivity (Wildman–Crippen MR) is 243 cm³/mol. The average molecular weight is 795 g/mol. The van der Waals surface area contributed by atoms with Crippen molar-refractivity contribution in [3.05, 3.63) is 229 Å². The molecule has 0 N–H and O–H groups in total. The van der Waals surface area contributed by atoms with Crippen LogP contribution in [0.1, 0.15) is 22.3 Å². The fraction of sp³-hybridized carbons (Fsp3) is 0.0182. The van der Waals surface area contributed by atoms with Crippen LogP contribution in [0.25, 0.3) is 79.5 Å². The lowest BCUT2D eigenvalue weighted by molar-refractivity contribution is 0.436. The van der Waals surface area contributed by atoms with Gasteiger partial charge in [-0.05, 0) is 40.5 Å². The van der Waals surface area contributed by atoms with E-state index in [-0.39, 0.29) is 0 Å². The van der Waals surface area contributed by atoms with Crippen LogP contribution in [0.3, 0.4) is 0 Å². The Hall–Kier alpha value is -8.42. The molecule has 0 saturated heterocycles. The second kappa shape index (κ2) is 14.4. The standard InChI is InChI=1S/C55H34N6O/c1-5-18-35(19-6-1)49-56-50(36-20-7-2-8-21-36)59-53(58-49)39-32-33-40-41-26-17-27-42(54-60-51(37-22-9-3-10-23-37)57-52(61-54)38-24-11-4-12-25-38)48(41)55(45(40)34-39)43-28-13-15-30-46(43)62-47-31-16-14-29-44(47)55/h1-34H. The fourth-order valence-corrected chi connectivity index (χ4v) is 9.15. The number of hydrogen-bond donors (Lipinski definition) is 0. The molecule has 7 nitrogen and oxygen atoms in total. The van der Waals surface area contributed by atoms with E-state index in [9.17, 15) is 0 Å². The van der Waals surface area contributed by atoms with Crippen molar-refractivity contribution in [2.45, 2.75) is 5.41 Å². The highest BCUT2D eigenvalue weighted by Gasteiger charge is 2.52. The lowest BCUT2D eigenvalue weighted by Gasteiger charge is -2.40. The van der Waals surface area contributed by atoms with Crippen molar-refractivity contribution in [1.82, 2.24) is 29.9 Å². The van der Waals surface area contributed by atoms with Gasteiger partial charge in [-0.2, -0.15) is 0 Å². The van der Waals surface area contributed by atoms with Gasteiger partial charge in [0, 0.05) is 44.5 Å². The summed E-state index contributed by atoms with van der Waals surface area (Å²) in [5, 5.41) is 0. The van der Waals surface area contributed by atoms with E-state index in [4.69, 9.17) is 34.6 Å². The molecule has 0 fully saturated rings. The number of ether oxygens (including phenoxy) is 1. The highest BCUT2D eigenvalue weighted by molar-refractivity contribution is 5.94. The zero-order valence-electron chi connectivity index (χ0n) is 33.2. The van der Waals surface area contributed by atoms with E-state index < -0.39 is 5.41 Å². The lowest BCUT2D eigenvalue weighted by Crippen LogP contribution is -2.32. The fourth-order valence-electron chi connectivity index (χ4n) is 9.15. The minimum absolute atomic E-state index is 0.581. The van der Waals surface area contributed by atoms with E-state index in [0.717, 1.165) is 78.3 Å². The molecule has 62 heavy (non-hydrogen) atoms. The summed E-state index contributed by atoms with van der Waals surface area (Å²) in [5.74, 6) is 5.15. The highest BCUT2D eigenvalue weighted by atomic mass is 16.5. The smallest absolute Gasteiger partial charge is 0.164 e. The first kappa shape index (κ1) is 35.5. The second-order valence-electron chi connectivity index (χ2n) is 15.4. The summed E-state index contributed by atoms with van der Waals surface area (Å²) >= 11 is 0. The molecule has 0 saturated carbocycles. The molecule has 2 aliphatic rings. The summed E-state index contributed by atoms with van der Waals surface area (Å²) < 4.78 is 6.76. The highest BCUT2D eigenvalue weighted by Crippen LogP contribution is 2.64. The Morgan fingerprint density at radius 2 is 0.661 bits per heavy atom. The molecule has 290 valence electrons. The van der Waals surface area contributed by atoms with E-state index in [1.165, 1.54) is 0 Å². The quantitative estimate of drug-likeness (QED) is 0.166. The number of hydrogen-bond acceptors (Lipinski definition) is 7. The van der Waals surface area contributed by atoms with Gasteiger partial charge < -0.3 is 4.74 Å². The summed E-state index contributed by atoms with van der Waals surface area (Å²) in [6.45, 7) is 0. The van der Waals surface area contributed by atoms with Gasteiger partial charge in [0.1, 0.15) is 11.5 Å². The summed E-state index contributed by atoms with van der Waals surface area (Å²) in [4.78, 5) is 31.0. The van der Waals surface area contributed by atoms with Gasteiger partial charge >= 0.3 is 0 Å². The summed E-state index contributed by atoms with van der Waals surface area (Å²) in [7, 11) is 0. The third-order valence-electron chi connectivity index (χ3n) is 11.9. The van der Waals surface area contributed by atoms with Gasteiger partial charge in [0.15, 0.2) is 34.9 Å². The Bertz CT molecular complexity index is 3160. The maximum absolute atomic E-state index is 6.76. The zero-order chi connectivity index (χ0) is 41.0. The Morgan fingerprint density at radius 1 is 0.274 bits per heavy atom. The zero-order valence-corrected chi connectivity index (χ0v) is 33.2. The second-order valence-corrected chi connectivity index (χ2v) is 15.4. The number of para-hydroxylation sites is 2. The molecule has 12 rings (SSSR count). The van der Waals surface area contributed by atoms with E-state index in [0.29, 0.717) is 34.9 Å². The van der Waals surface area contributed by atoms with Gasteiger partial charge in [-0.25, -0.2) is 29.9 Å². The van der Waals surface area contributed by atoms with Crippen LogP contribution in [0.2, 0.25) is 0 Å². The van der Waals surface area contributed by atoms with E-state index in [1.54, 1.807) is 0 Å². The van der Waals surface area contributed by atoms with Gasteiger partial charge in [0.2, 0.25) is 0 Å². The van der Waals surface area contributed by atoms with Gasteiger partial charge in [-0.3, -0.25) is 0 Å². The van der Waals surface area contributed by atoms with Crippen LogP contribution in [0.4, 0.5) is 0 Å². The molecule has 0 bridgehead atoms. The third kappa shape index (κ3) is 5.67. The summed E-state index contributed by atoms with van der Waals surface area (Å²) in [5.41, 5.74) is 11.0. The Morgan fingerprint density at radius 3 is 1.13 bits per heavy atom. The van der Waals surface area contributed by atoms with Crippen molar-refractivity contribution in [2.75, 3.05) is 0 Å². The van der Waals surface area contributed by atoms with Crippen molar-refractivity contribution in [3.63, 3.8) is 0 Å². The monoisotopic (exact) mass is 794 g/mol. The van der Waals surface area contributed by atoms with Crippen LogP contribution in [0.5, 0.6) is 11.5 Å². The minimum Gasteiger partial charge on any atom is -0.457 e. The van der Waals surface area contributed by atoms with E-state index in [1.807, 2.05) is 133 Å². The maximum Gasteiger partial charge on any atom is 0.164 e. The maximum atomic E-state index is 6.76. The average Bonchev–Trinajstić information content (AvgIpc) is 3.65. The Labute approximate surface area is 358 Å². The predicted octanol–water partition coefficient (Wildman–Crippen LogP) is 12.5. The largest absolute Gasteiger partial charge is 0.457 e. The summed E-state index contributed by atoms with van der Waals surface area (Å²) in [6.07, 6.45) is 0. The topological polar surface area (TPSA) is 86.6 Å². The molecule has 0 unspecified atom stereocenters. The molecule has 2 aromatic heterocycles. The first-order chi connectivity index (χ1) is 30.7. The molecular weight excluding hydrogens is 761 g/mol. The van der Waals surface area contributed by atoms with Crippen molar-refractivity contribution in [3.8, 4) is 91.0 Å². The van der Waals surface area contributed by atoms with Crippen molar-refractivity contribution in [1.29, 1.82) is 0 Å². The lowest BCUT2D eigenvalue weighted by atomic mass is 9.65. The van der Waals surface area contributed by atoms with Crippen molar-refractivity contribution in [2.24, 2.45) is 0 Å². The molecule has 1 aliphatic carbocycles. The molecule has 1 spiro atoms. The molecule has 8 aromatic carbocycles. The third-order valence-corrected chi connectivity index (χ3v) is 11.9. The Kier molecular flexibility index (Phi) is 8.25. The van der Waals surface area contributed by atoms with Crippen LogP contribution >= 0.6 is 0 Å². The number of nitrogens with zero attached hydrogens (tertiary/aromatic N) is 6. The van der Waals surface area contributed by atoms with Gasteiger partial charge in [-0.15, -0.1) is 0 Å². The van der Waals surface area contributed by atoms with Gasteiger partial charge in [0.05, 0.1) is 5.41 Å². The number of rotatable bonds is 6. The van der Waals surface area contributed by atoms with Crippen molar-refractivity contribution >= 4 is 0 Å². The van der Waals surface area contributed by atoms with E-state index in [2.05, 4.69) is 72.8 Å². The molecule has 3 heterocycles. The molecule has 0 amide bonds. The normalized spacial score (nSPS) is 12.8. The number of benzene rings is 8. The SMILES string of the molecule is c1ccc(-c2nc(-c3ccccc3)nc(-c3ccc4c(c3)C3(c5ccccc5Oc5ccccc53)c3c(-c5nc(-c6ccccc6)nc(-c6ccccc6)n5)cccc3-4)n2)cc1. The molecular formula is C55H34N6O. The molecule has 10 aromatic rings. The van der Waals surface area contributed by atoms with Crippen molar-refractivity contribution < 1.29 is 4.74 Å². The summed E-state index contributed by atoms with van der Waals surface area (Å²) in [6, 6.07) is 70.3. The molecule has 7 heteroatoms. The van der Waals surface area contributed by atoms with Crippen LogP contribution < -0.4 is 4.74 Å². The molecule has 0 radical (unpaired) electrons. The molecule has 1 aliphatic heterocycles. The van der Waals surface area contributed by atoms with Gasteiger partial charge in [-0.1, -0.05) is 188 Å². The van der Waals surface area contributed by atoms with Crippen LogP contribution in [0, 0.1) is 0 Å². The Balaban J connectivity index is 1.15. The van der Waals surface area contributed by atoms with Crippen LogP contribution in [-0.4, -0.2) is 29.9 Å². The van der Waals surface area contributed by atoms with E-state index >= 15 is 0 Å². The van der Waals surface area contributed by atoms with Crippen LogP contribution in [-0.2, 0) is 5.41 Å². The number of aromatic nitrogens is 6. The number of fused-ring (bicyclic) bond motifs is 9. The first-order valence-corrected chi connectivity index (χ1v) is 20.6. The first-order valence-electron chi connectivity index (χ1n) is 20.6. The van der Waals surface area contributed by atoms with Gasteiger partial charge in [0.25, 0.3) is 0 Å². The minimum atomic E-state index is -0.854. The van der Waals surface area contributed by atoms with Crippen LogP contribution in [0.15, 0.2) is 206 Å².